The van der Waals surface area contributed by atoms with E-state index in [1.54, 1.807) is 13.3 Å². The third-order valence-electron chi connectivity index (χ3n) is 8.50. The first-order valence-electron chi connectivity index (χ1n) is 13.3. The molecular weight excluding hydrogens is 536 g/mol. The highest BCUT2D eigenvalue weighted by Crippen LogP contribution is 2.45. The number of hydrogen-bond donors (Lipinski definition) is 1. The van der Waals surface area contributed by atoms with E-state index >= 15 is 4.39 Å². The van der Waals surface area contributed by atoms with Crippen molar-refractivity contribution in [3.8, 4) is 17.3 Å². The van der Waals surface area contributed by atoms with Gasteiger partial charge < -0.3 is 20.1 Å². The molecule has 0 amide bonds. The number of nitrogen functional groups attached to an aromatic ring is 1. The molecule has 0 spiro atoms. The number of halogens is 2. The molecule has 12 heteroatoms. The van der Waals surface area contributed by atoms with Gasteiger partial charge in [0.25, 0.3) is 0 Å². The van der Waals surface area contributed by atoms with E-state index in [0.29, 0.717) is 29.0 Å². The Hall–Kier alpha value is -3.50. The van der Waals surface area contributed by atoms with Gasteiger partial charge in [0, 0.05) is 61.9 Å². The van der Waals surface area contributed by atoms with Crippen LogP contribution in [0.15, 0.2) is 12.4 Å². The highest BCUT2D eigenvalue weighted by molar-refractivity contribution is 7.23. The molecule has 0 aliphatic carbocycles. The molecule has 1 atom stereocenters. The largest absolute Gasteiger partial charge is 0.389 e. The second-order valence-electron chi connectivity index (χ2n) is 10.5. The van der Waals surface area contributed by atoms with E-state index in [4.69, 9.17) is 20.2 Å². The third-order valence-corrected chi connectivity index (χ3v) is 9.53. The number of benzene rings is 1. The minimum atomic E-state index is -0.606. The number of likely N-dealkylation sites (tertiary alicyclic amines) is 1. The minimum absolute atomic E-state index is 0.0928. The Bertz CT molecular complexity index is 1700. The fourth-order valence-electron chi connectivity index (χ4n) is 6.39. The van der Waals surface area contributed by atoms with Crippen LogP contribution in [0.5, 0.6) is 0 Å². The number of pyridine rings is 1. The summed E-state index contributed by atoms with van der Waals surface area (Å²) >= 11 is 0.957. The molecule has 0 unspecified atom stereocenters. The normalized spacial score (nSPS) is 20.1. The molecule has 1 aromatic carbocycles. The van der Waals surface area contributed by atoms with Gasteiger partial charge in [-0.3, -0.25) is 9.88 Å². The molecule has 0 bridgehead atoms. The second-order valence-corrected chi connectivity index (χ2v) is 11.6. The zero-order valence-electron chi connectivity index (χ0n) is 21.9. The van der Waals surface area contributed by atoms with E-state index in [2.05, 4.69) is 19.8 Å². The van der Waals surface area contributed by atoms with E-state index < -0.39 is 11.6 Å². The summed E-state index contributed by atoms with van der Waals surface area (Å²) in [6.45, 7) is 3.97. The van der Waals surface area contributed by atoms with Crippen LogP contribution in [0.25, 0.3) is 32.2 Å². The maximum Gasteiger partial charge on any atom is 0.226 e. The van der Waals surface area contributed by atoms with Crippen LogP contribution in [-0.2, 0) is 22.7 Å². The van der Waals surface area contributed by atoms with E-state index in [1.807, 2.05) is 6.07 Å². The smallest absolute Gasteiger partial charge is 0.226 e. The average Bonchev–Trinajstić information content (AvgIpc) is 3.73. The Morgan fingerprint density at radius 1 is 1.12 bits per heavy atom. The van der Waals surface area contributed by atoms with E-state index in [-0.39, 0.29) is 50.6 Å². The van der Waals surface area contributed by atoms with Crippen molar-refractivity contribution in [3.63, 3.8) is 0 Å². The summed E-state index contributed by atoms with van der Waals surface area (Å²) < 4.78 is 42.7. The van der Waals surface area contributed by atoms with Gasteiger partial charge in [0.1, 0.15) is 16.6 Å². The number of nitriles is 1. The van der Waals surface area contributed by atoms with Crippen molar-refractivity contribution in [2.24, 2.45) is 0 Å². The maximum absolute atomic E-state index is 16.6. The van der Waals surface area contributed by atoms with E-state index in [9.17, 15) is 9.65 Å². The quantitative estimate of drug-likeness (QED) is 0.387. The Morgan fingerprint density at radius 2 is 1.93 bits per heavy atom. The molecule has 2 fully saturated rings. The Kier molecular flexibility index (Phi) is 6.27. The van der Waals surface area contributed by atoms with Crippen molar-refractivity contribution < 1.29 is 18.3 Å². The standard InChI is InChI=1S/C28H27F2N7O2S/c1-38-15-3-6-36(7-4-15)14-2-5-37(11-14)28-34-9-17-18-12-39-13-19(18)21(23(30)24(17)35-28)25-22-16(8-31)27(32)40-26(22)20(29)10-33-25/h9-10,14-15H,2-7,11-13,32H2,1H3/t14-/m1/s1. The molecule has 40 heavy (non-hydrogen) atoms. The molecule has 3 aromatic heterocycles. The van der Waals surface area contributed by atoms with Gasteiger partial charge in [-0.2, -0.15) is 5.26 Å². The zero-order chi connectivity index (χ0) is 27.5. The molecule has 9 nitrogen and oxygen atoms in total. The summed E-state index contributed by atoms with van der Waals surface area (Å²) in [5, 5.41) is 10.7. The highest BCUT2D eigenvalue weighted by atomic mass is 32.1. The number of fused-ring (bicyclic) bond motifs is 4. The number of anilines is 2. The maximum atomic E-state index is 16.6. The summed E-state index contributed by atoms with van der Waals surface area (Å²) in [5.74, 6) is -0.722. The first kappa shape index (κ1) is 25.5. The lowest BCUT2D eigenvalue weighted by atomic mass is 9.94. The molecule has 0 saturated carbocycles. The van der Waals surface area contributed by atoms with Crippen LogP contribution in [0.4, 0.5) is 19.7 Å². The Balaban J connectivity index is 1.31. The van der Waals surface area contributed by atoms with Crippen LogP contribution in [0.1, 0.15) is 36.0 Å². The van der Waals surface area contributed by atoms with E-state index in [1.165, 1.54) is 0 Å². The summed E-state index contributed by atoms with van der Waals surface area (Å²) in [6, 6.07) is 2.43. The third kappa shape index (κ3) is 3.91. The molecule has 4 aromatic rings. The molecule has 2 N–H and O–H groups in total. The van der Waals surface area contributed by atoms with Gasteiger partial charge in [0.05, 0.1) is 41.5 Å². The van der Waals surface area contributed by atoms with Crippen molar-refractivity contribution in [1.29, 1.82) is 5.26 Å². The first-order valence-corrected chi connectivity index (χ1v) is 14.2. The fourth-order valence-corrected chi connectivity index (χ4v) is 7.31. The van der Waals surface area contributed by atoms with Crippen LogP contribution in [0.2, 0.25) is 0 Å². The number of nitrogens with two attached hydrogens (primary N) is 1. The van der Waals surface area contributed by atoms with Crippen molar-refractivity contribution in [2.45, 2.75) is 44.6 Å². The van der Waals surface area contributed by atoms with Crippen molar-refractivity contribution >= 4 is 43.3 Å². The Labute approximate surface area is 233 Å². The molecule has 7 rings (SSSR count). The van der Waals surface area contributed by atoms with Crippen molar-refractivity contribution in [3.05, 3.63) is 40.7 Å². The summed E-state index contributed by atoms with van der Waals surface area (Å²) in [7, 11) is 1.77. The van der Waals surface area contributed by atoms with Crippen LogP contribution in [0, 0.1) is 23.0 Å². The Morgan fingerprint density at radius 3 is 2.70 bits per heavy atom. The number of piperidine rings is 1. The first-order chi connectivity index (χ1) is 19.5. The number of thiophene rings is 1. The van der Waals surface area contributed by atoms with Gasteiger partial charge in [0.15, 0.2) is 11.6 Å². The monoisotopic (exact) mass is 563 g/mol. The minimum Gasteiger partial charge on any atom is -0.389 e. The lowest BCUT2D eigenvalue weighted by molar-refractivity contribution is 0.0301. The number of hydrogen-bond acceptors (Lipinski definition) is 10. The van der Waals surface area contributed by atoms with Gasteiger partial charge in [-0.15, -0.1) is 11.3 Å². The van der Waals surface area contributed by atoms with Gasteiger partial charge in [-0.25, -0.2) is 18.7 Å². The van der Waals surface area contributed by atoms with Gasteiger partial charge in [0.2, 0.25) is 5.95 Å². The summed E-state index contributed by atoms with van der Waals surface area (Å²) in [4.78, 5) is 18.3. The number of ether oxygens (including phenoxy) is 2. The molecule has 6 heterocycles. The average molecular weight is 564 g/mol. The molecule has 3 aliphatic rings. The van der Waals surface area contributed by atoms with Crippen LogP contribution in [0.3, 0.4) is 0 Å². The predicted molar refractivity (Wildman–Crippen MR) is 148 cm³/mol. The molecule has 2 saturated heterocycles. The van der Waals surface area contributed by atoms with Crippen LogP contribution in [-0.4, -0.2) is 65.3 Å². The SMILES string of the molecule is COC1CCN([C@@H]2CCN(c3ncc4c5c(c(-c6ncc(F)c7sc(N)c(C#N)c67)c(F)c4n3)COC5)C2)CC1. The number of nitrogens with zero attached hydrogens (tertiary/aromatic N) is 6. The van der Waals surface area contributed by atoms with Gasteiger partial charge >= 0.3 is 0 Å². The van der Waals surface area contributed by atoms with Crippen LogP contribution < -0.4 is 10.6 Å². The number of methoxy groups -OCH3 is 1. The van der Waals surface area contributed by atoms with Crippen molar-refractivity contribution in [1.82, 2.24) is 19.9 Å². The molecule has 206 valence electrons. The molecule has 3 aliphatic heterocycles. The summed E-state index contributed by atoms with van der Waals surface area (Å²) in [6.07, 6.45) is 6.08. The van der Waals surface area contributed by atoms with Crippen molar-refractivity contribution in [2.75, 3.05) is 43.9 Å². The topological polar surface area (TPSA) is 113 Å². The molecular formula is C28H27F2N7O2S. The van der Waals surface area contributed by atoms with Crippen LogP contribution >= 0.6 is 11.3 Å². The second kappa shape index (κ2) is 9.85. The fraction of sp³-hybridized carbons (Fsp3) is 0.429. The number of rotatable bonds is 4. The van der Waals surface area contributed by atoms with E-state index in [0.717, 1.165) is 68.5 Å². The lowest BCUT2D eigenvalue weighted by Crippen LogP contribution is -2.44. The predicted octanol–water partition coefficient (Wildman–Crippen LogP) is 4.36. The summed E-state index contributed by atoms with van der Waals surface area (Å²) in [5.41, 5.74) is 8.02. The number of aromatic nitrogens is 3. The zero-order valence-corrected chi connectivity index (χ0v) is 22.7. The lowest BCUT2D eigenvalue weighted by Gasteiger charge is -2.35. The highest BCUT2D eigenvalue weighted by Gasteiger charge is 2.33. The van der Waals surface area contributed by atoms with Gasteiger partial charge in [-0.1, -0.05) is 0 Å². The molecule has 0 radical (unpaired) electrons. The van der Waals surface area contributed by atoms with Gasteiger partial charge in [-0.05, 0) is 30.4 Å².